The highest BCUT2D eigenvalue weighted by atomic mass is 19.1. The van der Waals surface area contributed by atoms with Crippen LogP contribution in [0.15, 0.2) is 12.3 Å². The van der Waals surface area contributed by atoms with Gasteiger partial charge in [-0.2, -0.15) is 0 Å². The third kappa shape index (κ3) is 2.16. The highest BCUT2D eigenvalue weighted by molar-refractivity contribution is 6.62. The van der Waals surface area contributed by atoms with Gasteiger partial charge in [0.25, 0.3) is 0 Å². The van der Waals surface area contributed by atoms with E-state index in [4.69, 9.17) is 14.4 Å². The fourth-order valence-corrected chi connectivity index (χ4v) is 1.71. The normalized spacial score (nSPS) is 21.3. The third-order valence-electron chi connectivity index (χ3n) is 3.61. The first-order valence-electron chi connectivity index (χ1n) is 5.87. The summed E-state index contributed by atoms with van der Waals surface area (Å²) in [5.74, 6) is -0.551. The molecule has 0 atom stereocenters. The number of halogens is 1. The Hall–Kier alpha value is -0.975. The second kappa shape index (κ2) is 4.29. The van der Waals surface area contributed by atoms with Gasteiger partial charge in [0.05, 0.1) is 17.8 Å². The van der Waals surface area contributed by atoms with Gasteiger partial charge in [-0.3, -0.25) is 4.98 Å². The van der Waals surface area contributed by atoms with Gasteiger partial charge < -0.3 is 14.4 Å². The summed E-state index contributed by atoms with van der Waals surface area (Å²) in [4.78, 5) is 3.85. The second-order valence-corrected chi connectivity index (χ2v) is 5.44. The Kier molecular flexibility index (Phi) is 3.21. The lowest BCUT2D eigenvalue weighted by Crippen LogP contribution is -2.41. The van der Waals surface area contributed by atoms with E-state index >= 15 is 0 Å². The van der Waals surface area contributed by atoms with Gasteiger partial charge >= 0.3 is 7.12 Å². The summed E-state index contributed by atoms with van der Waals surface area (Å²) >= 11 is 0. The molecule has 0 spiro atoms. The van der Waals surface area contributed by atoms with Gasteiger partial charge in [-0.05, 0) is 33.8 Å². The van der Waals surface area contributed by atoms with Crippen molar-refractivity contribution in [3.63, 3.8) is 0 Å². The van der Waals surface area contributed by atoms with Gasteiger partial charge in [-0.15, -0.1) is 0 Å². The molecule has 0 bridgehead atoms. The maximum absolute atomic E-state index is 13.6. The average Bonchev–Trinajstić information content (AvgIpc) is 2.48. The van der Waals surface area contributed by atoms with E-state index in [-0.39, 0.29) is 5.69 Å². The van der Waals surface area contributed by atoms with Crippen molar-refractivity contribution >= 4 is 12.6 Å². The van der Waals surface area contributed by atoms with Crippen molar-refractivity contribution < 1.29 is 18.8 Å². The molecule has 4 nitrogen and oxygen atoms in total. The Balaban J connectivity index is 2.27. The second-order valence-electron chi connectivity index (χ2n) is 5.44. The lowest BCUT2D eigenvalue weighted by Gasteiger charge is -2.32. The first-order chi connectivity index (χ1) is 8.27. The molecule has 0 saturated carbocycles. The van der Waals surface area contributed by atoms with E-state index in [1.54, 1.807) is 0 Å². The third-order valence-corrected chi connectivity index (χ3v) is 3.61. The number of aliphatic hydroxyl groups excluding tert-OH is 1. The lowest BCUT2D eigenvalue weighted by molar-refractivity contribution is 0.00578. The standard InChI is InChI=1S/C12H17BFNO3/c1-11(2)12(3,4)18-13(17-11)8-5-9(14)10(7-16)15-6-8/h5-6,16H,7H2,1-4H3. The quantitative estimate of drug-likeness (QED) is 0.799. The van der Waals surface area contributed by atoms with E-state index in [1.807, 2.05) is 27.7 Å². The topological polar surface area (TPSA) is 51.6 Å². The minimum absolute atomic E-state index is 0.0234. The van der Waals surface area contributed by atoms with Crippen LogP contribution in [0.3, 0.4) is 0 Å². The molecule has 0 aromatic carbocycles. The van der Waals surface area contributed by atoms with E-state index in [0.29, 0.717) is 5.46 Å². The average molecular weight is 253 g/mol. The molecule has 1 aliphatic heterocycles. The number of pyridine rings is 1. The summed E-state index contributed by atoms with van der Waals surface area (Å²) < 4.78 is 25.1. The molecule has 98 valence electrons. The van der Waals surface area contributed by atoms with E-state index in [2.05, 4.69) is 4.98 Å². The fourth-order valence-electron chi connectivity index (χ4n) is 1.71. The molecule has 0 amide bonds. The predicted molar refractivity (Wildman–Crippen MR) is 65.8 cm³/mol. The van der Waals surface area contributed by atoms with Gasteiger partial charge in [-0.1, -0.05) is 0 Å². The van der Waals surface area contributed by atoms with Gasteiger partial charge in [0.2, 0.25) is 0 Å². The summed E-state index contributed by atoms with van der Waals surface area (Å²) in [6.45, 7) is 7.30. The first kappa shape index (κ1) is 13.5. The van der Waals surface area contributed by atoms with Crippen LogP contribution in [0.1, 0.15) is 33.4 Å². The summed E-state index contributed by atoms with van der Waals surface area (Å²) in [6, 6.07) is 1.29. The molecule has 18 heavy (non-hydrogen) atoms. The van der Waals surface area contributed by atoms with Crippen molar-refractivity contribution in [3.05, 3.63) is 23.8 Å². The van der Waals surface area contributed by atoms with E-state index in [1.165, 1.54) is 12.3 Å². The molecule has 1 N–H and O–H groups in total. The Morgan fingerprint density at radius 1 is 1.28 bits per heavy atom. The minimum Gasteiger partial charge on any atom is -0.399 e. The van der Waals surface area contributed by atoms with Crippen molar-refractivity contribution in [3.8, 4) is 0 Å². The molecule has 1 fully saturated rings. The van der Waals surface area contributed by atoms with Crippen LogP contribution in [0.4, 0.5) is 4.39 Å². The smallest absolute Gasteiger partial charge is 0.399 e. The van der Waals surface area contributed by atoms with E-state index in [0.717, 1.165) is 0 Å². The van der Waals surface area contributed by atoms with Gasteiger partial charge in [-0.25, -0.2) is 4.39 Å². The molecule has 6 heteroatoms. The van der Waals surface area contributed by atoms with Crippen molar-refractivity contribution in [2.75, 3.05) is 0 Å². The van der Waals surface area contributed by atoms with Crippen LogP contribution in [-0.4, -0.2) is 28.4 Å². The molecule has 0 radical (unpaired) electrons. The molecule has 2 rings (SSSR count). The highest BCUT2D eigenvalue weighted by Crippen LogP contribution is 2.36. The molecular weight excluding hydrogens is 236 g/mol. The summed E-state index contributed by atoms with van der Waals surface area (Å²) in [6.07, 6.45) is 1.47. The Labute approximate surface area is 106 Å². The number of hydrogen-bond acceptors (Lipinski definition) is 4. The van der Waals surface area contributed by atoms with Crippen molar-refractivity contribution in [2.45, 2.75) is 45.5 Å². The maximum atomic E-state index is 13.6. The Bertz CT molecular complexity index is 449. The Morgan fingerprint density at radius 2 is 1.83 bits per heavy atom. The van der Waals surface area contributed by atoms with E-state index in [9.17, 15) is 4.39 Å². The van der Waals surface area contributed by atoms with Crippen LogP contribution in [0.2, 0.25) is 0 Å². The van der Waals surface area contributed by atoms with Crippen LogP contribution in [-0.2, 0) is 15.9 Å². The van der Waals surface area contributed by atoms with Gasteiger partial charge in [0.15, 0.2) is 0 Å². The zero-order valence-corrected chi connectivity index (χ0v) is 11.0. The summed E-state index contributed by atoms with van der Waals surface area (Å²) in [5.41, 5.74) is -0.397. The highest BCUT2D eigenvalue weighted by Gasteiger charge is 2.51. The molecule has 0 unspecified atom stereocenters. The zero-order chi connectivity index (χ0) is 13.6. The molecule has 2 heterocycles. The predicted octanol–water partition coefficient (Wildman–Crippen LogP) is 1.01. The fraction of sp³-hybridized carbons (Fsp3) is 0.583. The minimum atomic E-state index is -0.634. The number of aromatic nitrogens is 1. The van der Waals surface area contributed by atoms with Crippen LogP contribution in [0.25, 0.3) is 0 Å². The molecule has 0 aliphatic carbocycles. The van der Waals surface area contributed by atoms with Crippen molar-refractivity contribution in [1.29, 1.82) is 0 Å². The van der Waals surface area contributed by atoms with Gasteiger partial charge in [0.1, 0.15) is 11.5 Å². The lowest BCUT2D eigenvalue weighted by atomic mass is 9.80. The summed E-state index contributed by atoms with van der Waals surface area (Å²) in [7, 11) is -0.634. The van der Waals surface area contributed by atoms with Crippen molar-refractivity contribution in [2.24, 2.45) is 0 Å². The monoisotopic (exact) mass is 253 g/mol. The number of rotatable bonds is 2. The number of hydrogen-bond donors (Lipinski definition) is 1. The first-order valence-corrected chi connectivity index (χ1v) is 5.87. The molecule has 1 saturated heterocycles. The van der Waals surface area contributed by atoms with Gasteiger partial charge in [0, 0.05) is 11.7 Å². The molecular formula is C12H17BFNO3. The van der Waals surface area contributed by atoms with Crippen LogP contribution in [0.5, 0.6) is 0 Å². The SMILES string of the molecule is CC1(C)OB(c2cnc(CO)c(F)c2)OC1(C)C. The molecule has 1 aromatic heterocycles. The maximum Gasteiger partial charge on any atom is 0.496 e. The van der Waals surface area contributed by atoms with Crippen LogP contribution in [0, 0.1) is 5.82 Å². The molecule has 1 aromatic rings. The molecule has 1 aliphatic rings. The van der Waals surface area contributed by atoms with E-state index < -0.39 is 30.7 Å². The number of aliphatic hydroxyl groups is 1. The Morgan fingerprint density at radius 3 is 2.28 bits per heavy atom. The van der Waals surface area contributed by atoms with Crippen molar-refractivity contribution in [1.82, 2.24) is 4.98 Å². The van der Waals surface area contributed by atoms with Crippen LogP contribution < -0.4 is 5.46 Å². The zero-order valence-electron chi connectivity index (χ0n) is 11.0. The largest absolute Gasteiger partial charge is 0.496 e. The number of nitrogens with zero attached hydrogens (tertiary/aromatic N) is 1. The summed E-state index contributed by atoms with van der Waals surface area (Å²) in [5, 5.41) is 8.88. The van der Waals surface area contributed by atoms with Crippen LogP contribution >= 0.6 is 0 Å².